The van der Waals surface area contributed by atoms with Gasteiger partial charge in [-0.3, -0.25) is 0 Å². The van der Waals surface area contributed by atoms with Crippen molar-refractivity contribution in [3.8, 4) is 11.6 Å². The van der Waals surface area contributed by atoms with Gasteiger partial charge in [0.05, 0.1) is 22.3 Å². The number of aromatic nitrogens is 3. The van der Waals surface area contributed by atoms with E-state index in [0.29, 0.717) is 22.0 Å². The molecule has 148 valence electrons. The van der Waals surface area contributed by atoms with Gasteiger partial charge in [-0.15, -0.1) is 0 Å². The van der Waals surface area contributed by atoms with Crippen molar-refractivity contribution in [2.24, 2.45) is 0 Å². The highest BCUT2D eigenvalue weighted by Crippen LogP contribution is 2.36. The first-order valence-corrected chi connectivity index (χ1v) is 9.83. The summed E-state index contributed by atoms with van der Waals surface area (Å²) in [5.74, 6) is 0.215. The van der Waals surface area contributed by atoms with Crippen LogP contribution in [0.4, 0.5) is 10.1 Å². The molecule has 4 heterocycles. The Morgan fingerprint density at radius 3 is 2.83 bits per heavy atom. The minimum absolute atomic E-state index is 0.263. The van der Waals surface area contributed by atoms with E-state index in [1.54, 1.807) is 23.0 Å². The summed E-state index contributed by atoms with van der Waals surface area (Å²) in [6, 6.07) is 7.24. The van der Waals surface area contributed by atoms with Crippen LogP contribution in [0.3, 0.4) is 0 Å². The van der Waals surface area contributed by atoms with E-state index in [1.807, 2.05) is 19.1 Å². The fourth-order valence-electron chi connectivity index (χ4n) is 3.73. The van der Waals surface area contributed by atoms with Crippen LogP contribution in [0.2, 0.25) is 5.02 Å². The number of aryl methyl sites for hydroxylation is 1. The van der Waals surface area contributed by atoms with E-state index in [9.17, 15) is 4.39 Å². The SMILES string of the molecule is Cc1cn2cc(Oc3nccc4cc(N5CCNCC5)cc(Cl)c34)cc(F)c2n1. The fourth-order valence-corrected chi connectivity index (χ4v) is 4.03. The van der Waals surface area contributed by atoms with Crippen LogP contribution < -0.4 is 15.0 Å². The number of ether oxygens (including phenoxy) is 1. The molecular formula is C21H19ClFN5O. The van der Waals surface area contributed by atoms with E-state index in [-0.39, 0.29) is 5.65 Å². The zero-order valence-corrected chi connectivity index (χ0v) is 16.6. The second-order valence-corrected chi connectivity index (χ2v) is 7.53. The van der Waals surface area contributed by atoms with Gasteiger partial charge in [0.15, 0.2) is 11.5 Å². The maximum absolute atomic E-state index is 14.4. The van der Waals surface area contributed by atoms with Crippen LogP contribution in [0.1, 0.15) is 5.69 Å². The third-order valence-corrected chi connectivity index (χ3v) is 5.36. The zero-order valence-electron chi connectivity index (χ0n) is 15.8. The van der Waals surface area contributed by atoms with Gasteiger partial charge in [0.25, 0.3) is 0 Å². The molecule has 29 heavy (non-hydrogen) atoms. The van der Waals surface area contributed by atoms with Gasteiger partial charge in [0.2, 0.25) is 5.88 Å². The molecule has 3 aromatic heterocycles. The van der Waals surface area contributed by atoms with Crippen LogP contribution >= 0.6 is 11.6 Å². The van der Waals surface area contributed by atoms with Gasteiger partial charge in [-0.25, -0.2) is 14.4 Å². The molecule has 0 saturated carbocycles. The molecule has 0 aliphatic carbocycles. The lowest BCUT2D eigenvalue weighted by Gasteiger charge is -2.30. The molecule has 1 aromatic carbocycles. The molecule has 1 aliphatic heterocycles. The van der Waals surface area contributed by atoms with Gasteiger partial charge >= 0.3 is 0 Å². The van der Waals surface area contributed by atoms with Crippen LogP contribution in [0.25, 0.3) is 16.4 Å². The highest BCUT2D eigenvalue weighted by Gasteiger charge is 2.16. The molecule has 1 N–H and O–H groups in total. The topological polar surface area (TPSA) is 54.7 Å². The number of piperazine rings is 1. The third kappa shape index (κ3) is 3.36. The lowest BCUT2D eigenvalue weighted by Crippen LogP contribution is -2.43. The standard InChI is InChI=1S/C21H19ClFN5O/c1-13-11-28-12-16(10-18(23)20(28)26-13)29-21-19-14(2-3-25-21)8-15(9-17(19)22)27-6-4-24-5-7-27/h2-3,8-12,24H,4-7H2,1H3. The summed E-state index contributed by atoms with van der Waals surface area (Å²) in [4.78, 5) is 10.8. The average Bonchev–Trinajstić information content (AvgIpc) is 3.09. The third-order valence-electron chi connectivity index (χ3n) is 5.06. The predicted octanol–water partition coefficient (Wildman–Crippen LogP) is 4.19. The fraction of sp³-hybridized carbons (Fsp3) is 0.238. The Balaban J connectivity index is 1.55. The molecule has 8 heteroatoms. The maximum Gasteiger partial charge on any atom is 0.228 e. The summed E-state index contributed by atoms with van der Waals surface area (Å²) in [5.41, 5.74) is 2.06. The van der Waals surface area contributed by atoms with Crippen LogP contribution in [0.15, 0.2) is 42.9 Å². The Hall–Kier alpha value is -2.90. The van der Waals surface area contributed by atoms with Crippen molar-refractivity contribution < 1.29 is 9.13 Å². The number of nitrogens with zero attached hydrogens (tertiary/aromatic N) is 4. The number of hydrogen-bond donors (Lipinski definition) is 1. The molecule has 6 nitrogen and oxygen atoms in total. The molecule has 1 aliphatic rings. The second kappa shape index (κ2) is 7.17. The molecule has 1 fully saturated rings. The van der Waals surface area contributed by atoms with Gasteiger partial charge in [-0.2, -0.15) is 0 Å². The molecule has 4 aromatic rings. The summed E-state index contributed by atoms with van der Waals surface area (Å²) in [7, 11) is 0. The summed E-state index contributed by atoms with van der Waals surface area (Å²) in [6.07, 6.45) is 5.10. The van der Waals surface area contributed by atoms with Crippen LogP contribution in [0.5, 0.6) is 11.6 Å². The van der Waals surface area contributed by atoms with E-state index in [0.717, 1.165) is 42.9 Å². The van der Waals surface area contributed by atoms with Crippen molar-refractivity contribution in [2.75, 3.05) is 31.1 Å². The van der Waals surface area contributed by atoms with Crippen LogP contribution in [-0.2, 0) is 0 Å². The normalized spacial score (nSPS) is 14.7. The predicted molar refractivity (Wildman–Crippen MR) is 112 cm³/mol. The summed E-state index contributed by atoms with van der Waals surface area (Å²) in [5, 5.41) is 5.54. The van der Waals surface area contributed by atoms with Gasteiger partial charge in [0.1, 0.15) is 5.75 Å². The summed E-state index contributed by atoms with van der Waals surface area (Å²) in [6.45, 7) is 5.57. The molecule has 5 rings (SSSR count). The van der Waals surface area contributed by atoms with Gasteiger partial charge < -0.3 is 19.4 Å². The number of pyridine rings is 2. The number of rotatable bonds is 3. The number of benzene rings is 1. The lowest BCUT2D eigenvalue weighted by molar-refractivity contribution is 0.461. The zero-order chi connectivity index (χ0) is 20.0. The largest absolute Gasteiger partial charge is 0.437 e. The Kier molecular flexibility index (Phi) is 4.49. The molecule has 0 spiro atoms. The molecule has 1 saturated heterocycles. The lowest BCUT2D eigenvalue weighted by atomic mass is 10.1. The first-order chi connectivity index (χ1) is 14.1. The van der Waals surface area contributed by atoms with E-state index in [2.05, 4.69) is 26.3 Å². The Morgan fingerprint density at radius 2 is 2.00 bits per heavy atom. The molecular weight excluding hydrogens is 393 g/mol. The van der Waals surface area contributed by atoms with Crippen LogP contribution in [0, 0.1) is 12.7 Å². The molecule has 0 amide bonds. The van der Waals surface area contributed by atoms with Crippen molar-refractivity contribution >= 4 is 33.7 Å². The van der Waals surface area contributed by atoms with Crippen LogP contribution in [-0.4, -0.2) is 40.5 Å². The highest BCUT2D eigenvalue weighted by atomic mass is 35.5. The van der Waals surface area contributed by atoms with Gasteiger partial charge in [0, 0.05) is 50.3 Å². The number of fused-ring (bicyclic) bond motifs is 2. The summed E-state index contributed by atoms with van der Waals surface area (Å²) < 4.78 is 21.9. The minimum Gasteiger partial charge on any atom is -0.437 e. The molecule has 0 radical (unpaired) electrons. The Morgan fingerprint density at radius 1 is 1.17 bits per heavy atom. The van der Waals surface area contributed by atoms with Gasteiger partial charge in [-0.1, -0.05) is 11.6 Å². The maximum atomic E-state index is 14.4. The number of hydrogen-bond acceptors (Lipinski definition) is 5. The minimum atomic E-state index is -0.456. The van der Waals surface area contributed by atoms with E-state index in [1.165, 1.54) is 6.07 Å². The second-order valence-electron chi connectivity index (χ2n) is 7.12. The van der Waals surface area contributed by atoms with Crippen molar-refractivity contribution in [3.05, 3.63) is 59.4 Å². The molecule has 0 unspecified atom stereocenters. The first-order valence-electron chi connectivity index (χ1n) is 9.45. The van der Waals surface area contributed by atoms with E-state index in [4.69, 9.17) is 16.3 Å². The van der Waals surface area contributed by atoms with Gasteiger partial charge in [-0.05, 0) is 30.5 Å². The van der Waals surface area contributed by atoms with E-state index < -0.39 is 5.82 Å². The molecule has 0 bridgehead atoms. The number of imidazole rings is 1. The van der Waals surface area contributed by atoms with E-state index >= 15 is 0 Å². The number of nitrogens with one attached hydrogen (secondary N) is 1. The summed E-state index contributed by atoms with van der Waals surface area (Å²) >= 11 is 6.63. The monoisotopic (exact) mass is 411 g/mol. The van der Waals surface area contributed by atoms with Crippen molar-refractivity contribution in [2.45, 2.75) is 6.92 Å². The van der Waals surface area contributed by atoms with Crippen molar-refractivity contribution in [1.29, 1.82) is 0 Å². The number of halogens is 2. The highest BCUT2D eigenvalue weighted by molar-refractivity contribution is 6.36. The smallest absolute Gasteiger partial charge is 0.228 e. The number of anilines is 1. The molecule has 0 atom stereocenters. The first kappa shape index (κ1) is 18.1. The van der Waals surface area contributed by atoms with Crippen molar-refractivity contribution in [3.63, 3.8) is 0 Å². The van der Waals surface area contributed by atoms with Crippen molar-refractivity contribution in [1.82, 2.24) is 19.7 Å². The Labute approximate surface area is 171 Å². The Bertz CT molecular complexity index is 1220. The quantitative estimate of drug-likeness (QED) is 0.548. The average molecular weight is 412 g/mol.